The minimum Gasteiger partial charge on any atom is -0.358 e. The standard InChI is InChI=1S/C10H10ClN5O/c1-12-9(17)6-16-10(13-14-15-16)7-2-4-8(11)5-3-7/h2-5H,6H2,1H3,(H,12,17). The van der Waals surface area contributed by atoms with Crippen LogP contribution in [0.4, 0.5) is 0 Å². The number of amides is 1. The maximum absolute atomic E-state index is 11.3. The number of nitrogens with zero attached hydrogens (tertiary/aromatic N) is 4. The lowest BCUT2D eigenvalue weighted by molar-refractivity contribution is -0.121. The Morgan fingerprint density at radius 3 is 2.76 bits per heavy atom. The summed E-state index contributed by atoms with van der Waals surface area (Å²) in [5, 5.41) is 14.4. The van der Waals surface area contributed by atoms with Gasteiger partial charge in [-0.25, -0.2) is 4.68 Å². The molecule has 0 saturated carbocycles. The molecule has 0 unspecified atom stereocenters. The summed E-state index contributed by atoms with van der Waals surface area (Å²) in [6.07, 6.45) is 0. The molecule has 1 heterocycles. The molecule has 0 radical (unpaired) electrons. The smallest absolute Gasteiger partial charge is 0.241 e. The van der Waals surface area contributed by atoms with E-state index in [-0.39, 0.29) is 12.5 Å². The number of benzene rings is 1. The number of halogens is 1. The third kappa shape index (κ3) is 2.59. The highest BCUT2D eigenvalue weighted by Crippen LogP contribution is 2.18. The Morgan fingerprint density at radius 2 is 2.12 bits per heavy atom. The minimum absolute atomic E-state index is 0.0848. The van der Waals surface area contributed by atoms with Crippen LogP contribution in [0.15, 0.2) is 24.3 Å². The van der Waals surface area contributed by atoms with Crippen LogP contribution in [0.3, 0.4) is 0 Å². The zero-order valence-corrected chi connectivity index (χ0v) is 9.85. The van der Waals surface area contributed by atoms with Crippen molar-refractivity contribution in [3.8, 4) is 11.4 Å². The normalized spacial score (nSPS) is 10.2. The molecular weight excluding hydrogens is 242 g/mol. The number of carbonyl (C=O) groups excluding carboxylic acids is 1. The van der Waals surface area contributed by atoms with Crippen molar-refractivity contribution in [2.45, 2.75) is 6.54 Å². The largest absolute Gasteiger partial charge is 0.358 e. The summed E-state index contributed by atoms with van der Waals surface area (Å²) >= 11 is 5.80. The van der Waals surface area contributed by atoms with E-state index >= 15 is 0 Å². The molecule has 0 fully saturated rings. The molecule has 0 saturated heterocycles. The van der Waals surface area contributed by atoms with Crippen LogP contribution in [0.2, 0.25) is 5.02 Å². The highest BCUT2D eigenvalue weighted by atomic mass is 35.5. The molecule has 0 aliphatic heterocycles. The average molecular weight is 252 g/mol. The molecular formula is C10H10ClN5O. The van der Waals surface area contributed by atoms with Gasteiger partial charge in [-0.1, -0.05) is 11.6 Å². The molecule has 0 aliphatic carbocycles. The fraction of sp³-hybridized carbons (Fsp3) is 0.200. The number of aromatic nitrogens is 4. The number of tetrazole rings is 1. The van der Waals surface area contributed by atoms with Crippen molar-refractivity contribution in [2.75, 3.05) is 7.05 Å². The van der Waals surface area contributed by atoms with Crippen LogP contribution in [-0.2, 0) is 11.3 Å². The number of hydrogen-bond donors (Lipinski definition) is 1. The van der Waals surface area contributed by atoms with E-state index in [9.17, 15) is 4.79 Å². The Labute approximate surface area is 103 Å². The van der Waals surface area contributed by atoms with E-state index in [0.29, 0.717) is 10.8 Å². The highest BCUT2D eigenvalue weighted by molar-refractivity contribution is 6.30. The molecule has 0 aliphatic rings. The maximum atomic E-state index is 11.3. The van der Waals surface area contributed by atoms with E-state index < -0.39 is 0 Å². The van der Waals surface area contributed by atoms with E-state index in [2.05, 4.69) is 20.8 Å². The Bertz CT molecular complexity index is 522. The number of rotatable bonds is 3. The monoisotopic (exact) mass is 251 g/mol. The first-order valence-electron chi connectivity index (χ1n) is 4.93. The van der Waals surface area contributed by atoms with Crippen molar-refractivity contribution in [3.05, 3.63) is 29.3 Å². The number of hydrogen-bond acceptors (Lipinski definition) is 4. The molecule has 0 spiro atoms. The summed E-state index contributed by atoms with van der Waals surface area (Å²) < 4.78 is 1.43. The van der Waals surface area contributed by atoms with Crippen LogP contribution >= 0.6 is 11.6 Å². The lowest BCUT2D eigenvalue weighted by atomic mass is 10.2. The van der Waals surface area contributed by atoms with Gasteiger partial charge in [0.05, 0.1) is 0 Å². The van der Waals surface area contributed by atoms with Gasteiger partial charge in [0.2, 0.25) is 5.91 Å². The lowest BCUT2D eigenvalue weighted by Gasteiger charge is -2.03. The topological polar surface area (TPSA) is 72.7 Å². The first-order valence-corrected chi connectivity index (χ1v) is 5.31. The van der Waals surface area contributed by atoms with Gasteiger partial charge in [-0.3, -0.25) is 4.79 Å². The number of likely N-dealkylation sites (N-methyl/N-ethyl adjacent to an activating group) is 1. The van der Waals surface area contributed by atoms with Crippen LogP contribution in [-0.4, -0.2) is 33.2 Å². The first-order chi connectivity index (χ1) is 8.20. The van der Waals surface area contributed by atoms with Gasteiger partial charge < -0.3 is 5.32 Å². The highest BCUT2D eigenvalue weighted by Gasteiger charge is 2.11. The van der Waals surface area contributed by atoms with Crippen molar-refractivity contribution < 1.29 is 4.79 Å². The molecule has 88 valence electrons. The van der Waals surface area contributed by atoms with E-state index in [1.165, 1.54) is 4.68 Å². The van der Waals surface area contributed by atoms with Gasteiger partial charge >= 0.3 is 0 Å². The third-order valence-electron chi connectivity index (χ3n) is 2.21. The van der Waals surface area contributed by atoms with Crippen molar-refractivity contribution in [1.29, 1.82) is 0 Å². The van der Waals surface area contributed by atoms with Crippen LogP contribution in [0.25, 0.3) is 11.4 Å². The first kappa shape index (κ1) is 11.5. The predicted octanol–water partition coefficient (Wildman–Crippen LogP) is 0.739. The van der Waals surface area contributed by atoms with Gasteiger partial charge in [0.25, 0.3) is 0 Å². The molecule has 0 atom stereocenters. The van der Waals surface area contributed by atoms with Crippen molar-refractivity contribution in [3.63, 3.8) is 0 Å². The summed E-state index contributed by atoms with van der Waals surface area (Å²) in [6.45, 7) is 0.0848. The molecule has 6 nitrogen and oxygen atoms in total. The van der Waals surface area contributed by atoms with Crippen molar-refractivity contribution in [2.24, 2.45) is 0 Å². The zero-order chi connectivity index (χ0) is 12.3. The Morgan fingerprint density at radius 1 is 1.41 bits per heavy atom. The molecule has 1 N–H and O–H groups in total. The second-order valence-corrected chi connectivity index (χ2v) is 3.78. The fourth-order valence-electron chi connectivity index (χ4n) is 1.33. The molecule has 1 aromatic heterocycles. The van der Waals surface area contributed by atoms with Crippen LogP contribution in [0.1, 0.15) is 0 Å². The van der Waals surface area contributed by atoms with Gasteiger partial charge in [-0.15, -0.1) is 5.10 Å². The molecule has 7 heteroatoms. The van der Waals surface area contributed by atoms with E-state index in [4.69, 9.17) is 11.6 Å². The lowest BCUT2D eigenvalue weighted by Crippen LogP contribution is -2.24. The quantitative estimate of drug-likeness (QED) is 0.873. The minimum atomic E-state index is -0.160. The van der Waals surface area contributed by atoms with E-state index in [0.717, 1.165) is 5.56 Å². The summed E-state index contributed by atoms with van der Waals surface area (Å²) in [7, 11) is 1.56. The van der Waals surface area contributed by atoms with Gasteiger partial charge in [0.1, 0.15) is 6.54 Å². The molecule has 1 aromatic carbocycles. The summed E-state index contributed by atoms with van der Waals surface area (Å²) in [5.74, 6) is 0.373. The number of nitrogens with one attached hydrogen (secondary N) is 1. The molecule has 2 rings (SSSR count). The average Bonchev–Trinajstić information content (AvgIpc) is 2.78. The van der Waals surface area contributed by atoms with Crippen molar-refractivity contribution >= 4 is 17.5 Å². The van der Waals surface area contributed by atoms with Gasteiger partial charge in [0.15, 0.2) is 5.82 Å². The van der Waals surface area contributed by atoms with E-state index in [1.807, 2.05) is 0 Å². The second kappa shape index (κ2) is 4.92. The molecule has 0 bridgehead atoms. The second-order valence-electron chi connectivity index (χ2n) is 3.34. The summed E-state index contributed by atoms with van der Waals surface area (Å²) in [5.41, 5.74) is 0.809. The Balaban J connectivity index is 2.30. The van der Waals surface area contributed by atoms with Gasteiger partial charge in [-0.2, -0.15) is 0 Å². The predicted molar refractivity (Wildman–Crippen MR) is 62.3 cm³/mol. The summed E-state index contributed by atoms with van der Waals surface area (Å²) in [6, 6.07) is 7.09. The Hall–Kier alpha value is -1.95. The molecule has 2 aromatic rings. The van der Waals surface area contributed by atoms with Crippen LogP contribution < -0.4 is 5.32 Å². The van der Waals surface area contributed by atoms with Gasteiger partial charge in [-0.05, 0) is 34.7 Å². The SMILES string of the molecule is CNC(=O)Cn1nnnc1-c1ccc(Cl)cc1. The van der Waals surface area contributed by atoms with Crippen LogP contribution in [0.5, 0.6) is 0 Å². The third-order valence-corrected chi connectivity index (χ3v) is 2.46. The van der Waals surface area contributed by atoms with E-state index in [1.54, 1.807) is 31.3 Å². The molecule has 17 heavy (non-hydrogen) atoms. The zero-order valence-electron chi connectivity index (χ0n) is 9.09. The Kier molecular flexibility index (Phi) is 3.34. The fourth-order valence-corrected chi connectivity index (χ4v) is 1.46. The number of carbonyl (C=O) groups is 1. The van der Waals surface area contributed by atoms with Crippen LogP contribution in [0, 0.1) is 0 Å². The van der Waals surface area contributed by atoms with Gasteiger partial charge in [0, 0.05) is 17.6 Å². The maximum Gasteiger partial charge on any atom is 0.241 e. The molecule has 1 amide bonds. The summed E-state index contributed by atoms with van der Waals surface area (Å²) in [4.78, 5) is 11.3. The van der Waals surface area contributed by atoms with Crippen molar-refractivity contribution in [1.82, 2.24) is 25.5 Å².